The summed E-state index contributed by atoms with van der Waals surface area (Å²) in [6, 6.07) is 0. The van der Waals surface area contributed by atoms with Crippen molar-refractivity contribution in [2.45, 2.75) is 32.8 Å². The summed E-state index contributed by atoms with van der Waals surface area (Å²) in [6.45, 7) is 5.23. The molecule has 6 nitrogen and oxygen atoms in total. The summed E-state index contributed by atoms with van der Waals surface area (Å²) >= 11 is 1.65. The largest absolute Gasteiger partial charge is 0.748 e. The van der Waals surface area contributed by atoms with Crippen LogP contribution in [0.5, 0.6) is 11.5 Å². The Bertz CT molecular complexity index is 578. The molecule has 120 valence electrons. The molecule has 1 aromatic heterocycles. The van der Waals surface area contributed by atoms with Crippen molar-refractivity contribution in [1.82, 2.24) is 0 Å². The van der Waals surface area contributed by atoms with Crippen LogP contribution in [0, 0.1) is 13.8 Å². The fourth-order valence-electron chi connectivity index (χ4n) is 2.10. The number of ether oxygens (including phenoxy) is 3. The molecular weight excluding hydrogens is 316 g/mol. The number of unbranched alkanes of at least 4 members (excludes halogenated alkanes) is 1. The second kappa shape index (κ2) is 6.95. The number of hydrogen-bond acceptors (Lipinski definition) is 7. The van der Waals surface area contributed by atoms with Crippen LogP contribution in [-0.2, 0) is 14.9 Å². The van der Waals surface area contributed by atoms with Gasteiger partial charge in [0.2, 0.25) is 0 Å². The SMILES string of the molecule is Cc1sc(C)c2c1OCC(COCCCCS(=O)(=O)[O-])O2. The van der Waals surface area contributed by atoms with Crippen LogP contribution in [0.4, 0.5) is 0 Å². The molecule has 0 fully saturated rings. The smallest absolute Gasteiger partial charge is 0.175 e. The van der Waals surface area contributed by atoms with Gasteiger partial charge in [-0.2, -0.15) is 0 Å². The van der Waals surface area contributed by atoms with Crippen molar-refractivity contribution in [3.05, 3.63) is 9.75 Å². The molecule has 1 aromatic rings. The highest BCUT2D eigenvalue weighted by atomic mass is 32.2. The Labute approximate surface area is 128 Å². The Kier molecular flexibility index (Phi) is 5.48. The van der Waals surface area contributed by atoms with E-state index in [1.807, 2.05) is 13.8 Å². The number of hydrogen-bond donors (Lipinski definition) is 0. The number of aryl methyl sites for hydroxylation is 2. The topological polar surface area (TPSA) is 84.9 Å². The maximum Gasteiger partial charge on any atom is 0.175 e. The monoisotopic (exact) mass is 335 g/mol. The molecule has 2 heterocycles. The van der Waals surface area contributed by atoms with Crippen molar-refractivity contribution in [3.63, 3.8) is 0 Å². The highest BCUT2D eigenvalue weighted by Gasteiger charge is 2.26. The minimum atomic E-state index is -4.12. The Morgan fingerprint density at radius 3 is 2.71 bits per heavy atom. The van der Waals surface area contributed by atoms with Crippen LogP contribution >= 0.6 is 11.3 Å². The lowest BCUT2D eigenvalue weighted by atomic mass is 10.3. The van der Waals surface area contributed by atoms with E-state index in [0.717, 1.165) is 21.3 Å². The maximum absolute atomic E-state index is 10.4. The Morgan fingerprint density at radius 1 is 1.29 bits per heavy atom. The summed E-state index contributed by atoms with van der Waals surface area (Å²) in [6.07, 6.45) is 0.700. The molecular formula is C13H19O6S2-. The van der Waals surface area contributed by atoms with E-state index >= 15 is 0 Å². The Balaban J connectivity index is 1.68. The lowest BCUT2D eigenvalue weighted by molar-refractivity contribution is 0.00815. The first-order valence-electron chi connectivity index (χ1n) is 6.77. The van der Waals surface area contributed by atoms with Gasteiger partial charge in [0.25, 0.3) is 0 Å². The zero-order valence-corrected chi connectivity index (χ0v) is 13.7. The molecule has 0 saturated heterocycles. The molecule has 8 heteroatoms. The van der Waals surface area contributed by atoms with E-state index in [0.29, 0.717) is 32.7 Å². The first kappa shape index (κ1) is 16.5. The van der Waals surface area contributed by atoms with Gasteiger partial charge in [0.1, 0.15) is 6.61 Å². The molecule has 0 aromatic carbocycles. The van der Waals surface area contributed by atoms with E-state index < -0.39 is 10.1 Å². The fraction of sp³-hybridized carbons (Fsp3) is 0.692. The third kappa shape index (κ3) is 4.84. The summed E-state index contributed by atoms with van der Waals surface area (Å²) in [5.41, 5.74) is 0. The Hall–Kier alpha value is -0.830. The van der Waals surface area contributed by atoms with Crippen LogP contribution < -0.4 is 9.47 Å². The van der Waals surface area contributed by atoms with Crippen molar-refractivity contribution in [2.75, 3.05) is 25.6 Å². The molecule has 1 aliphatic heterocycles. The lowest BCUT2D eigenvalue weighted by Gasteiger charge is -2.25. The van der Waals surface area contributed by atoms with E-state index in [9.17, 15) is 13.0 Å². The van der Waals surface area contributed by atoms with Gasteiger partial charge < -0.3 is 18.8 Å². The third-order valence-electron chi connectivity index (χ3n) is 3.09. The van der Waals surface area contributed by atoms with Crippen molar-refractivity contribution in [2.24, 2.45) is 0 Å². The average Bonchev–Trinajstić information content (AvgIpc) is 2.68. The van der Waals surface area contributed by atoms with Crippen LogP contribution in [0.3, 0.4) is 0 Å². The van der Waals surface area contributed by atoms with Gasteiger partial charge in [-0.25, -0.2) is 8.42 Å². The molecule has 2 rings (SSSR count). The molecule has 0 saturated carbocycles. The third-order valence-corrected chi connectivity index (χ3v) is 4.86. The molecule has 0 aliphatic carbocycles. The molecule has 1 atom stereocenters. The molecule has 0 spiro atoms. The van der Waals surface area contributed by atoms with Crippen molar-refractivity contribution in [3.8, 4) is 11.5 Å². The lowest BCUT2D eigenvalue weighted by Crippen LogP contribution is -2.33. The zero-order chi connectivity index (χ0) is 15.5. The number of fused-ring (bicyclic) bond motifs is 1. The van der Waals surface area contributed by atoms with Gasteiger partial charge in [-0.05, 0) is 26.7 Å². The minimum absolute atomic E-state index is 0.159. The zero-order valence-electron chi connectivity index (χ0n) is 12.1. The van der Waals surface area contributed by atoms with E-state index in [-0.39, 0.29) is 11.9 Å². The summed E-state index contributed by atoms with van der Waals surface area (Å²) in [5.74, 6) is 1.29. The van der Waals surface area contributed by atoms with E-state index in [1.54, 1.807) is 11.3 Å². The number of thiophene rings is 1. The van der Waals surface area contributed by atoms with E-state index in [1.165, 1.54) is 0 Å². The van der Waals surface area contributed by atoms with Gasteiger partial charge in [0, 0.05) is 22.1 Å². The molecule has 1 aliphatic rings. The van der Waals surface area contributed by atoms with Crippen LogP contribution in [-0.4, -0.2) is 44.6 Å². The summed E-state index contributed by atoms with van der Waals surface area (Å²) < 4.78 is 48.3. The highest BCUT2D eigenvalue weighted by Crippen LogP contribution is 2.43. The quantitative estimate of drug-likeness (QED) is 0.558. The standard InChI is InChI=1S/C13H20O6S2/c1-9-12-13(10(2)20-9)19-11(8-18-12)7-17-5-3-4-6-21(14,15)16/h11H,3-8H2,1-2H3,(H,14,15,16)/p-1. The predicted octanol–water partition coefficient (Wildman–Crippen LogP) is 1.85. The summed E-state index contributed by atoms with van der Waals surface area (Å²) in [7, 11) is -4.12. The van der Waals surface area contributed by atoms with Crippen molar-refractivity contribution in [1.29, 1.82) is 0 Å². The van der Waals surface area contributed by atoms with Gasteiger partial charge in [0.15, 0.2) is 17.6 Å². The van der Waals surface area contributed by atoms with Crippen molar-refractivity contribution < 1.29 is 27.2 Å². The first-order valence-corrected chi connectivity index (χ1v) is 9.17. The normalized spacial score (nSPS) is 18.0. The maximum atomic E-state index is 10.4. The summed E-state index contributed by atoms with van der Waals surface area (Å²) in [4.78, 5) is 2.20. The molecule has 1 unspecified atom stereocenters. The van der Waals surface area contributed by atoms with Crippen LogP contribution in [0.2, 0.25) is 0 Å². The van der Waals surface area contributed by atoms with Crippen LogP contribution in [0.15, 0.2) is 0 Å². The van der Waals surface area contributed by atoms with Gasteiger partial charge >= 0.3 is 0 Å². The first-order chi connectivity index (χ1) is 9.87. The van der Waals surface area contributed by atoms with Gasteiger partial charge in [-0.1, -0.05) is 0 Å². The van der Waals surface area contributed by atoms with Crippen LogP contribution in [0.1, 0.15) is 22.6 Å². The average molecular weight is 335 g/mol. The van der Waals surface area contributed by atoms with Gasteiger partial charge in [-0.15, -0.1) is 11.3 Å². The van der Waals surface area contributed by atoms with Gasteiger partial charge in [0.05, 0.1) is 16.7 Å². The van der Waals surface area contributed by atoms with E-state index in [2.05, 4.69) is 0 Å². The molecule has 0 radical (unpaired) electrons. The van der Waals surface area contributed by atoms with E-state index in [4.69, 9.17) is 14.2 Å². The summed E-state index contributed by atoms with van der Waals surface area (Å²) in [5, 5.41) is 0. The predicted molar refractivity (Wildman–Crippen MR) is 78.3 cm³/mol. The molecule has 21 heavy (non-hydrogen) atoms. The Morgan fingerprint density at radius 2 is 2.00 bits per heavy atom. The van der Waals surface area contributed by atoms with Gasteiger partial charge in [-0.3, -0.25) is 0 Å². The molecule has 0 amide bonds. The van der Waals surface area contributed by atoms with Crippen LogP contribution in [0.25, 0.3) is 0 Å². The van der Waals surface area contributed by atoms with Crippen molar-refractivity contribution >= 4 is 21.5 Å². The minimum Gasteiger partial charge on any atom is -0.748 e. The number of rotatable bonds is 7. The fourth-order valence-corrected chi connectivity index (χ4v) is 3.60. The second-order valence-corrected chi connectivity index (χ2v) is 7.92. The molecule has 0 N–H and O–H groups in total. The highest BCUT2D eigenvalue weighted by molar-refractivity contribution is 7.85. The second-order valence-electron chi connectivity index (χ2n) is 4.97. The molecule has 0 bridgehead atoms.